The van der Waals surface area contributed by atoms with Crippen LogP contribution in [-0.2, 0) is 16.6 Å². The normalized spacial score (nSPS) is 13.6. The number of rotatable bonds is 5. The minimum atomic E-state index is -3.67. The molecule has 0 aliphatic rings. The van der Waals surface area contributed by atoms with Gasteiger partial charge in [0.15, 0.2) is 0 Å². The molecule has 1 unspecified atom stereocenters. The number of hydrogen-bond donors (Lipinski definition) is 2. The number of thiophene rings is 1. The Labute approximate surface area is 121 Å². The number of oxazole rings is 1. The van der Waals surface area contributed by atoms with Crippen LogP contribution in [0.4, 0.5) is 0 Å². The quantitative estimate of drug-likeness (QED) is 0.878. The molecule has 0 aliphatic carbocycles. The number of nitrogens with zero attached hydrogens (tertiary/aromatic N) is 1. The molecule has 0 radical (unpaired) electrons. The van der Waals surface area contributed by atoms with Crippen molar-refractivity contribution in [1.29, 1.82) is 0 Å². The van der Waals surface area contributed by atoms with Crippen molar-refractivity contribution in [2.24, 2.45) is 0 Å². The summed E-state index contributed by atoms with van der Waals surface area (Å²) in [5.74, 6) is 0.946. The third-order valence-electron chi connectivity index (χ3n) is 2.71. The first kappa shape index (κ1) is 15.2. The zero-order valence-corrected chi connectivity index (χ0v) is 13.0. The third kappa shape index (κ3) is 3.09. The standard InChI is InChI=1S/C12H16N2O4S2/c1-7-5-13-12(18-7)8(2)14-20(16,17)11-4-10(6-15)19-9(11)3/h4-5,8,14-15H,6H2,1-3H3. The average molecular weight is 316 g/mol. The van der Waals surface area contributed by atoms with Crippen LogP contribution >= 0.6 is 11.3 Å². The van der Waals surface area contributed by atoms with Crippen LogP contribution in [0.15, 0.2) is 21.6 Å². The summed E-state index contributed by atoms with van der Waals surface area (Å²) >= 11 is 1.26. The second kappa shape index (κ2) is 5.65. The van der Waals surface area contributed by atoms with E-state index in [1.807, 2.05) is 0 Å². The fourth-order valence-corrected chi connectivity index (χ4v) is 4.48. The molecule has 6 nitrogen and oxygen atoms in total. The first-order valence-electron chi connectivity index (χ1n) is 5.98. The topological polar surface area (TPSA) is 92.4 Å². The van der Waals surface area contributed by atoms with Gasteiger partial charge in [0.1, 0.15) is 5.76 Å². The van der Waals surface area contributed by atoms with Gasteiger partial charge in [0.25, 0.3) is 0 Å². The molecule has 2 heterocycles. The van der Waals surface area contributed by atoms with Gasteiger partial charge in [0, 0.05) is 9.75 Å². The number of sulfonamides is 1. The Balaban J connectivity index is 2.24. The molecular formula is C12H16N2O4S2. The maximum atomic E-state index is 12.3. The first-order valence-corrected chi connectivity index (χ1v) is 8.28. The third-order valence-corrected chi connectivity index (χ3v) is 5.54. The van der Waals surface area contributed by atoms with Crippen LogP contribution in [0, 0.1) is 13.8 Å². The highest BCUT2D eigenvalue weighted by atomic mass is 32.2. The maximum absolute atomic E-state index is 12.3. The Hall–Kier alpha value is -1.22. The van der Waals surface area contributed by atoms with Crippen molar-refractivity contribution in [3.63, 3.8) is 0 Å². The minimum absolute atomic E-state index is 0.171. The summed E-state index contributed by atoms with van der Waals surface area (Å²) < 4.78 is 32.5. The number of aliphatic hydroxyl groups is 1. The van der Waals surface area contributed by atoms with E-state index in [4.69, 9.17) is 9.52 Å². The van der Waals surface area contributed by atoms with E-state index in [0.29, 0.717) is 21.4 Å². The lowest BCUT2D eigenvalue weighted by atomic mass is 10.4. The lowest BCUT2D eigenvalue weighted by Crippen LogP contribution is -2.27. The van der Waals surface area contributed by atoms with E-state index in [9.17, 15) is 8.42 Å². The molecule has 0 fully saturated rings. The summed E-state index contributed by atoms with van der Waals surface area (Å²) in [5, 5.41) is 9.07. The molecular weight excluding hydrogens is 300 g/mol. The Morgan fingerprint density at radius 1 is 1.50 bits per heavy atom. The largest absolute Gasteiger partial charge is 0.444 e. The summed E-state index contributed by atoms with van der Waals surface area (Å²) in [5.41, 5.74) is 0. The van der Waals surface area contributed by atoms with Crippen LogP contribution < -0.4 is 4.72 Å². The van der Waals surface area contributed by atoms with Gasteiger partial charge in [-0.3, -0.25) is 0 Å². The van der Waals surface area contributed by atoms with Gasteiger partial charge in [-0.05, 0) is 26.8 Å². The van der Waals surface area contributed by atoms with Crippen molar-refractivity contribution >= 4 is 21.4 Å². The van der Waals surface area contributed by atoms with E-state index in [1.165, 1.54) is 17.4 Å². The van der Waals surface area contributed by atoms with Crippen molar-refractivity contribution < 1.29 is 17.9 Å². The molecule has 1 atom stereocenters. The summed E-state index contributed by atoms with van der Waals surface area (Å²) in [6.45, 7) is 4.94. The predicted octanol–water partition coefficient (Wildman–Crippen LogP) is 1.88. The second-order valence-electron chi connectivity index (χ2n) is 4.44. The number of nitrogens with one attached hydrogen (secondary N) is 1. The second-order valence-corrected chi connectivity index (χ2v) is 7.47. The van der Waals surface area contributed by atoms with E-state index in [-0.39, 0.29) is 11.5 Å². The zero-order valence-electron chi connectivity index (χ0n) is 11.4. The Kier molecular flexibility index (Phi) is 4.28. The van der Waals surface area contributed by atoms with Gasteiger partial charge < -0.3 is 9.52 Å². The molecule has 20 heavy (non-hydrogen) atoms. The highest BCUT2D eigenvalue weighted by Gasteiger charge is 2.24. The van der Waals surface area contributed by atoms with Crippen molar-refractivity contribution in [1.82, 2.24) is 9.71 Å². The average Bonchev–Trinajstić information content (AvgIpc) is 2.95. The molecule has 0 saturated heterocycles. The van der Waals surface area contributed by atoms with E-state index in [0.717, 1.165) is 0 Å². The molecule has 0 bridgehead atoms. The molecule has 110 valence electrons. The maximum Gasteiger partial charge on any atom is 0.242 e. The summed E-state index contributed by atoms with van der Waals surface area (Å²) in [6.07, 6.45) is 1.54. The number of aryl methyl sites for hydroxylation is 2. The summed E-state index contributed by atoms with van der Waals surface area (Å²) in [4.78, 5) is 5.44. The molecule has 0 saturated carbocycles. The van der Waals surface area contributed by atoms with Crippen LogP contribution in [0.25, 0.3) is 0 Å². The molecule has 2 N–H and O–H groups in total. The fourth-order valence-electron chi connectivity index (χ4n) is 1.79. The molecule has 2 aromatic heterocycles. The monoisotopic (exact) mass is 316 g/mol. The van der Waals surface area contributed by atoms with Gasteiger partial charge in [0.2, 0.25) is 15.9 Å². The van der Waals surface area contributed by atoms with Crippen LogP contribution in [-0.4, -0.2) is 18.5 Å². The van der Waals surface area contributed by atoms with Crippen molar-refractivity contribution in [2.45, 2.75) is 38.3 Å². The highest BCUT2D eigenvalue weighted by molar-refractivity contribution is 7.89. The van der Waals surface area contributed by atoms with Crippen molar-refractivity contribution in [3.8, 4) is 0 Å². The highest BCUT2D eigenvalue weighted by Crippen LogP contribution is 2.27. The molecule has 0 aromatic carbocycles. The first-order chi connectivity index (χ1) is 9.33. The molecule has 0 amide bonds. The van der Waals surface area contributed by atoms with Gasteiger partial charge >= 0.3 is 0 Å². The summed E-state index contributed by atoms with van der Waals surface area (Å²) in [6, 6.07) is 0.918. The fraction of sp³-hybridized carbons (Fsp3) is 0.417. The van der Waals surface area contributed by atoms with E-state index in [2.05, 4.69) is 9.71 Å². The van der Waals surface area contributed by atoms with Gasteiger partial charge in [-0.15, -0.1) is 11.3 Å². The van der Waals surface area contributed by atoms with Crippen LogP contribution in [0.3, 0.4) is 0 Å². The smallest absolute Gasteiger partial charge is 0.242 e. The van der Waals surface area contributed by atoms with Gasteiger partial charge in [-0.2, -0.15) is 4.72 Å². The molecule has 0 spiro atoms. The lowest BCUT2D eigenvalue weighted by Gasteiger charge is -2.10. The SMILES string of the molecule is Cc1cnc(C(C)NS(=O)(=O)c2cc(CO)sc2C)o1. The zero-order chi connectivity index (χ0) is 14.9. The van der Waals surface area contributed by atoms with E-state index < -0.39 is 16.1 Å². The van der Waals surface area contributed by atoms with Crippen LogP contribution in [0.2, 0.25) is 0 Å². The Morgan fingerprint density at radius 2 is 2.20 bits per heavy atom. The van der Waals surface area contributed by atoms with E-state index in [1.54, 1.807) is 27.0 Å². The van der Waals surface area contributed by atoms with Crippen molar-refractivity contribution in [2.75, 3.05) is 0 Å². The van der Waals surface area contributed by atoms with Crippen LogP contribution in [0.5, 0.6) is 0 Å². The molecule has 2 aromatic rings. The predicted molar refractivity (Wildman–Crippen MR) is 75.0 cm³/mol. The number of aromatic nitrogens is 1. The Morgan fingerprint density at radius 3 is 2.70 bits per heavy atom. The lowest BCUT2D eigenvalue weighted by molar-refractivity contribution is 0.285. The van der Waals surface area contributed by atoms with E-state index >= 15 is 0 Å². The van der Waals surface area contributed by atoms with Gasteiger partial charge in [0.05, 0.1) is 23.7 Å². The van der Waals surface area contributed by atoms with Gasteiger partial charge in [-0.25, -0.2) is 13.4 Å². The van der Waals surface area contributed by atoms with Gasteiger partial charge in [-0.1, -0.05) is 0 Å². The van der Waals surface area contributed by atoms with Crippen LogP contribution in [0.1, 0.15) is 34.4 Å². The Bertz CT molecular complexity index is 703. The number of aliphatic hydroxyl groups excluding tert-OH is 1. The number of hydrogen-bond acceptors (Lipinski definition) is 6. The molecule has 2 rings (SSSR count). The molecule has 0 aliphatic heterocycles. The van der Waals surface area contributed by atoms with Crippen molar-refractivity contribution in [3.05, 3.63) is 33.7 Å². The minimum Gasteiger partial charge on any atom is -0.444 e. The molecule has 8 heteroatoms. The summed E-state index contributed by atoms with van der Waals surface area (Å²) in [7, 11) is -3.67.